The Bertz CT molecular complexity index is 1700. The largest absolute Gasteiger partial charge is 0.458 e. The van der Waals surface area contributed by atoms with Crippen LogP contribution in [-0.2, 0) is 16.0 Å². The van der Waals surface area contributed by atoms with Crippen molar-refractivity contribution >= 4 is 28.8 Å². The summed E-state index contributed by atoms with van der Waals surface area (Å²) >= 11 is 0. The fourth-order valence-electron chi connectivity index (χ4n) is 5.81. The summed E-state index contributed by atoms with van der Waals surface area (Å²) in [4.78, 5) is 40.7. The number of nitro groups is 1. The lowest BCUT2D eigenvalue weighted by Gasteiger charge is -2.36. The Morgan fingerprint density at radius 2 is 1.76 bits per heavy atom. The maximum absolute atomic E-state index is 14.2. The van der Waals surface area contributed by atoms with Gasteiger partial charge in [-0.1, -0.05) is 68.4 Å². The fourth-order valence-corrected chi connectivity index (χ4v) is 5.81. The van der Waals surface area contributed by atoms with Crippen molar-refractivity contribution in [2.24, 2.45) is 5.41 Å². The van der Waals surface area contributed by atoms with E-state index >= 15 is 0 Å². The maximum Gasteiger partial charge on any atom is 0.270 e. The summed E-state index contributed by atoms with van der Waals surface area (Å²) < 4.78 is 6.36. The van der Waals surface area contributed by atoms with Crippen LogP contribution in [0.25, 0.3) is 11.3 Å². The number of nitrogens with zero attached hydrogens (tertiary/aromatic N) is 2. The maximum atomic E-state index is 14.2. The molecule has 0 radical (unpaired) electrons. The summed E-state index contributed by atoms with van der Waals surface area (Å²) in [5.74, 6) is 0.588. The summed E-state index contributed by atoms with van der Waals surface area (Å²) in [6.45, 7) is 4.13. The number of carbonyl (C=O) groups is 2. The van der Waals surface area contributed by atoms with Crippen LogP contribution in [0.15, 0.2) is 107 Å². The Labute approximate surface area is 237 Å². The molecule has 0 saturated carbocycles. The fraction of sp³-hybridized carbons (Fsp3) is 0.212. The van der Waals surface area contributed by atoms with Crippen molar-refractivity contribution in [3.05, 3.63) is 124 Å². The van der Waals surface area contributed by atoms with Crippen LogP contribution >= 0.6 is 0 Å². The number of amides is 1. The molecule has 6 rings (SSSR count). The van der Waals surface area contributed by atoms with Gasteiger partial charge in [0.25, 0.3) is 5.69 Å². The van der Waals surface area contributed by atoms with Crippen LogP contribution in [0.2, 0.25) is 0 Å². The van der Waals surface area contributed by atoms with Gasteiger partial charge in [0.1, 0.15) is 17.6 Å². The molecule has 1 atom stereocenters. The third kappa shape index (κ3) is 5.04. The van der Waals surface area contributed by atoms with E-state index < -0.39 is 11.0 Å². The number of rotatable bonds is 5. The SMILES string of the molecule is CC1(C)CC(=O)C2=C(C1)Nc1ccccc1N(C(=O)Cc1ccccc1)[C@H]2c1ccc(-c2cccc([N+](=O)[O-])c2)o1. The molecule has 206 valence electrons. The Morgan fingerprint density at radius 1 is 1.00 bits per heavy atom. The number of anilines is 2. The normalized spacial score (nSPS) is 17.8. The molecule has 3 aromatic carbocycles. The van der Waals surface area contributed by atoms with E-state index in [0.29, 0.717) is 41.2 Å². The summed E-state index contributed by atoms with van der Waals surface area (Å²) in [5.41, 5.74) is 3.73. The average molecular weight is 548 g/mol. The highest BCUT2D eigenvalue weighted by molar-refractivity contribution is 6.06. The van der Waals surface area contributed by atoms with Crippen molar-refractivity contribution in [3.63, 3.8) is 0 Å². The first-order valence-electron chi connectivity index (χ1n) is 13.5. The second-order valence-corrected chi connectivity index (χ2v) is 11.3. The molecule has 8 heteroatoms. The zero-order chi connectivity index (χ0) is 28.7. The van der Waals surface area contributed by atoms with Crippen molar-refractivity contribution in [1.82, 2.24) is 0 Å². The van der Waals surface area contributed by atoms with Crippen molar-refractivity contribution in [2.75, 3.05) is 10.2 Å². The number of nitro benzene ring substituents is 1. The first kappa shape index (κ1) is 26.3. The van der Waals surface area contributed by atoms with E-state index in [1.807, 2.05) is 54.6 Å². The Kier molecular flexibility index (Phi) is 6.53. The molecule has 0 spiro atoms. The molecule has 0 bridgehead atoms. The lowest BCUT2D eigenvalue weighted by molar-refractivity contribution is -0.384. The van der Waals surface area contributed by atoms with Gasteiger partial charge < -0.3 is 9.73 Å². The van der Waals surface area contributed by atoms with Crippen molar-refractivity contribution < 1.29 is 18.9 Å². The highest BCUT2D eigenvalue weighted by Gasteiger charge is 2.44. The molecular formula is C33H29N3O5. The Balaban J connectivity index is 1.53. The zero-order valence-corrected chi connectivity index (χ0v) is 22.8. The van der Waals surface area contributed by atoms with E-state index in [9.17, 15) is 19.7 Å². The standard InChI is InChI=1S/C33H29N3O5/c1-33(2)19-25-31(27(37)20-33)32(29-16-15-28(41-29)22-11-8-12-23(18-22)36(39)40)35(26-14-7-6-13-24(26)34-25)30(38)17-21-9-4-3-5-10-21/h3-16,18,32,34H,17,19-20H2,1-2H3/t32-/m0/s1. The second-order valence-electron chi connectivity index (χ2n) is 11.3. The molecule has 2 heterocycles. The molecule has 1 aliphatic carbocycles. The smallest absolute Gasteiger partial charge is 0.270 e. The summed E-state index contributed by atoms with van der Waals surface area (Å²) in [7, 11) is 0. The minimum Gasteiger partial charge on any atom is -0.458 e. The molecule has 41 heavy (non-hydrogen) atoms. The first-order valence-corrected chi connectivity index (χ1v) is 13.5. The number of nitrogens with one attached hydrogen (secondary N) is 1. The molecule has 4 aromatic rings. The van der Waals surface area contributed by atoms with Crippen LogP contribution in [0.1, 0.15) is 44.1 Å². The zero-order valence-electron chi connectivity index (χ0n) is 22.8. The molecule has 0 unspecified atom stereocenters. The van der Waals surface area contributed by atoms with E-state index in [2.05, 4.69) is 19.2 Å². The number of Topliss-reactive ketones (excluding diaryl/α,β-unsaturated/α-hetero) is 1. The Morgan fingerprint density at radius 3 is 2.54 bits per heavy atom. The number of non-ortho nitro benzene ring substituents is 1. The van der Waals surface area contributed by atoms with E-state index in [0.717, 1.165) is 16.9 Å². The van der Waals surface area contributed by atoms with E-state index in [4.69, 9.17) is 4.42 Å². The summed E-state index contributed by atoms with van der Waals surface area (Å²) in [5, 5.41) is 14.9. The molecule has 1 N–H and O–H groups in total. The van der Waals surface area contributed by atoms with Gasteiger partial charge in [-0.2, -0.15) is 0 Å². The van der Waals surface area contributed by atoms with Gasteiger partial charge in [0.15, 0.2) is 5.78 Å². The van der Waals surface area contributed by atoms with Crippen LogP contribution in [0.4, 0.5) is 17.1 Å². The number of furan rings is 1. The number of benzene rings is 3. The van der Waals surface area contributed by atoms with Gasteiger partial charge in [-0.3, -0.25) is 24.6 Å². The van der Waals surface area contributed by atoms with Crippen LogP contribution in [-0.4, -0.2) is 16.6 Å². The van der Waals surface area contributed by atoms with Crippen molar-refractivity contribution in [2.45, 2.75) is 39.2 Å². The number of para-hydroxylation sites is 2. The van der Waals surface area contributed by atoms with Gasteiger partial charge in [0.2, 0.25) is 5.91 Å². The quantitative estimate of drug-likeness (QED) is 0.209. The topological polar surface area (TPSA) is 106 Å². The van der Waals surface area contributed by atoms with Gasteiger partial charge >= 0.3 is 0 Å². The second kappa shape index (κ2) is 10.2. The van der Waals surface area contributed by atoms with Gasteiger partial charge in [-0.25, -0.2) is 0 Å². The van der Waals surface area contributed by atoms with Gasteiger partial charge in [0, 0.05) is 35.4 Å². The molecule has 2 aliphatic rings. The number of carbonyl (C=O) groups excluding carboxylic acids is 2. The van der Waals surface area contributed by atoms with E-state index in [-0.39, 0.29) is 29.2 Å². The number of hydrogen-bond acceptors (Lipinski definition) is 6. The highest BCUT2D eigenvalue weighted by atomic mass is 16.6. The lowest BCUT2D eigenvalue weighted by atomic mass is 9.74. The van der Waals surface area contributed by atoms with Crippen molar-refractivity contribution in [1.29, 1.82) is 0 Å². The molecule has 0 fully saturated rings. The molecule has 1 aliphatic heterocycles. The highest BCUT2D eigenvalue weighted by Crippen LogP contribution is 2.49. The number of ketones is 1. The third-order valence-electron chi connectivity index (χ3n) is 7.61. The monoisotopic (exact) mass is 547 g/mol. The van der Waals surface area contributed by atoms with Gasteiger partial charge in [-0.05, 0) is 41.7 Å². The van der Waals surface area contributed by atoms with Crippen LogP contribution in [0.5, 0.6) is 0 Å². The number of fused-ring (bicyclic) bond motifs is 1. The minimum atomic E-state index is -0.826. The Hall–Kier alpha value is -4.98. The van der Waals surface area contributed by atoms with Gasteiger partial charge in [-0.15, -0.1) is 0 Å². The predicted molar refractivity (Wildman–Crippen MR) is 156 cm³/mol. The predicted octanol–water partition coefficient (Wildman–Crippen LogP) is 7.24. The van der Waals surface area contributed by atoms with Crippen LogP contribution in [0, 0.1) is 15.5 Å². The summed E-state index contributed by atoms with van der Waals surface area (Å²) in [6, 6.07) is 25.9. The van der Waals surface area contributed by atoms with E-state index in [1.165, 1.54) is 12.1 Å². The molecule has 1 amide bonds. The number of allylic oxidation sites excluding steroid dienone is 1. The molecule has 0 saturated heterocycles. The molecule has 1 aromatic heterocycles. The third-order valence-corrected chi connectivity index (χ3v) is 7.61. The van der Waals surface area contributed by atoms with Crippen molar-refractivity contribution in [3.8, 4) is 11.3 Å². The van der Waals surface area contributed by atoms with Gasteiger partial charge in [0.05, 0.1) is 22.7 Å². The molecular weight excluding hydrogens is 518 g/mol. The lowest BCUT2D eigenvalue weighted by Crippen LogP contribution is -2.40. The van der Waals surface area contributed by atoms with Crippen LogP contribution < -0.4 is 10.2 Å². The minimum absolute atomic E-state index is 0.0487. The van der Waals surface area contributed by atoms with Crippen LogP contribution in [0.3, 0.4) is 0 Å². The first-order chi connectivity index (χ1) is 19.7. The average Bonchev–Trinajstić information content (AvgIpc) is 3.37. The molecule has 8 nitrogen and oxygen atoms in total. The summed E-state index contributed by atoms with van der Waals surface area (Å²) in [6.07, 6.45) is 1.09. The van der Waals surface area contributed by atoms with E-state index in [1.54, 1.807) is 29.2 Å². The number of hydrogen-bond donors (Lipinski definition) is 1.